The van der Waals surface area contributed by atoms with Crippen molar-refractivity contribution in [1.29, 1.82) is 0 Å². The number of nitrogens with one attached hydrogen (secondary N) is 3. The summed E-state index contributed by atoms with van der Waals surface area (Å²) in [4.78, 5) is 154. The first-order valence-electron chi connectivity index (χ1n) is 50.5. The number of rotatable bonds is 12. The van der Waals surface area contributed by atoms with Crippen LogP contribution in [0, 0.1) is 51.8 Å². The number of hydrogen-bond donors (Lipinski definition) is 3. The Morgan fingerprint density at radius 2 is 0.710 bits per heavy atom. The van der Waals surface area contributed by atoms with Crippen LogP contribution in [0.2, 0.25) is 0 Å². The molecule has 12 aliphatic rings. The van der Waals surface area contributed by atoms with E-state index in [-0.39, 0.29) is 141 Å². The van der Waals surface area contributed by atoms with E-state index < -0.39 is 100 Å². The molecule has 3 aromatic heterocycles. The number of benzene rings is 3. The molecule has 9 fully saturated rings. The Morgan fingerprint density at radius 1 is 0.377 bits per heavy atom. The first-order chi connectivity index (χ1) is 64.6. The summed E-state index contributed by atoms with van der Waals surface area (Å²) in [6, 6.07) is 12.3. The molecule has 9 heterocycles. The van der Waals surface area contributed by atoms with Crippen LogP contribution in [-0.4, -0.2) is 209 Å². The van der Waals surface area contributed by atoms with E-state index in [1.165, 1.54) is 14.7 Å². The van der Waals surface area contributed by atoms with Gasteiger partial charge in [-0.2, -0.15) is 0 Å². The Morgan fingerprint density at radius 3 is 1.06 bits per heavy atom. The largest absolute Gasteiger partial charge is 0.540 e. The maximum absolute atomic E-state index is 14.3. The molecule has 6 bridgehead atoms. The number of aryl methyl sites for hydroxylation is 3. The van der Waals surface area contributed by atoms with Crippen LogP contribution < -0.4 is 44.4 Å². The Kier molecular flexibility index (Phi) is 35.1. The quantitative estimate of drug-likeness (QED) is 0.0756. The number of carbonyl (C=O) groups excluding carboxylic acids is 9. The molecule has 3 radical (unpaired) electrons. The smallest absolute Gasteiger partial charge is 0.408 e. The van der Waals surface area contributed by atoms with Crippen LogP contribution in [0.3, 0.4) is 0 Å². The van der Waals surface area contributed by atoms with Gasteiger partial charge in [0.25, 0.3) is 0 Å². The van der Waals surface area contributed by atoms with Gasteiger partial charge in [0.1, 0.15) is 88.1 Å². The second-order valence-corrected chi connectivity index (χ2v) is 43.8. The molecule has 18 rings (SSSR count). The number of aromatic nitrogens is 6. The summed E-state index contributed by atoms with van der Waals surface area (Å²) in [5, 5.41) is 8.65. The van der Waals surface area contributed by atoms with Gasteiger partial charge in [-0.3, -0.25) is 14.4 Å². The normalized spacial score (nSPS) is 30.2. The fraction of sp³-hybridized carbons (Fsp3) is 0.686. The number of hydrogen-bond acceptors (Lipinski definition) is 24. The minimum absolute atomic E-state index is 0. The average Bonchev–Trinajstić information content (AvgIpc) is 1.60. The third kappa shape index (κ3) is 25.4. The third-order valence-corrected chi connectivity index (χ3v) is 30.2. The zero-order chi connectivity index (χ0) is 95.6. The molecule has 3 N–H and O–H groups in total. The number of ether oxygens (including phenoxy) is 9. The van der Waals surface area contributed by atoms with Gasteiger partial charge in [0.15, 0.2) is 0 Å². The number of fused-ring (bicyclic) bond motifs is 15. The van der Waals surface area contributed by atoms with E-state index in [1.54, 1.807) is 0 Å². The van der Waals surface area contributed by atoms with E-state index in [2.05, 4.69) is 34.8 Å². The third-order valence-electron chi connectivity index (χ3n) is 30.2. The molecule has 3 aromatic carbocycles. The maximum atomic E-state index is 14.3. The van der Waals surface area contributed by atoms with Gasteiger partial charge in [-0.1, -0.05) is 159 Å². The topological polar surface area (TPSA) is 360 Å². The van der Waals surface area contributed by atoms with Gasteiger partial charge in [0, 0.05) is 79.8 Å². The van der Waals surface area contributed by atoms with Crippen molar-refractivity contribution in [2.75, 3.05) is 19.6 Å². The van der Waals surface area contributed by atoms with Crippen LogP contribution in [0.4, 0.5) is 14.4 Å². The van der Waals surface area contributed by atoms with Crippen molar-refractivity contribution >= 4 is 88.0 Å². The van der Waals surface area contributed by atoms with Gasteiger partial charge in [-0.15, -0.1) is 0 Å². The molecule has 747 valence electrons. The molecular formula is C105H141N12O18V3-3. The summed E-state index contributed by atoms with van der Waals surface area (Å²) in [6.07, 6.45) is 32.3. The maximum Gasteiger partial charge on any atom is 0.408 e. The number of alkyl carbamates (subject to hydrolysis) is 3. The van der Waals surface area contributed by atoms with Crippen LogP contribution in [0.5, 0.6) is 34.9 Å². The molecule has 6 saturated carbocycles. The number of carbonyl (C=O) groups is 6. The van der Waals surface area contributed by atoms with Gasteiger partial charge in [-0.05, 0) is 237 Å². The Labute approximate surface area is 848 Å². The summed E-state index contributed by atoms with van der Waals surface area (Å²) in [6.45, 7) is 27.6. The van der Waals surface area contributed by atoms with Crippen LogP contribution in [0.25, 0.3) is 33.1 Å². The number of amides is 6. The summed E-state index contributed by atoms with van der Waals surface area (Å²) in [7, 11) is 0. The Bertz CT molecular complexity index is 5320. The van der Waals surface area contributed by atoms with Crippen molar-refractivity contribution in [1.82, 2.24) is 60.6 Å². The minimum atomic E-state index is -0.907. The van der Waals surface area contributed by atoms with Crippen LogP contribution in [0.15, 0.2) is 54.6 Å². The summed E-state index contributed by atoms with van der Waals surface area (Å²) in [5.74, 6) is 2.55. The van der Waals surface area contributed by atoms with E-state index in [4.69, 9.17) is 72.5 Å². The molecular weight excluding hydrogens is 1870 g/mol. The van der Waals surface area contributed by atoms with Gasteiger partial charge in [0.2, 0.25) is 35.4 Å². The van der Waals surface area contributed by atoms with Crippen molar-refractivity contribution in [3.05, 3.63) is 71.7 Å². The molecule has 3 saturated heterocycles. The van der Waals surface area contributed by atoms with Crippen LogP contribution in [0.1, 0.15) is 294 Å². The zero-order valence-corrected chi connectivity index (χ0v) is 87.1. The SMILES string of the molecule is CC[C@@H]1[C@@H]2CN(C(=O)[C@H](C(C)(C)C)NC(=O)O[C@@H]3CCC[C@H]3CCCCCc3nc4ccc(OC5CC5)cc4nc3O2)[C@@H]1[C-]=O.CC[C@@H]1[C@@H]2CN(C(=O)[C@H](C(C)(C)C)NC(=O)O[C@]3(C)CCC[C@H]3CCCCCc3nc4ccc(OC5CC5)cc4nc3O2)[C@@H]1[C-]=O.CC[C@@H]1[C@@H]2CN(C(=O)[C@H](C(C)(C)C)NC(=O)O[C@]3(C)C[C@H]3CCCCCc3nc4ccc(OC5CC5)cc4nc3O2)[C@@H]1[C-]=O.[V].[V].[V]. The second-order valence-electron chi connectivity index (χ2n) is 43.8. The molecule has 0 unspecified atom stereocenters. The Hall–Kier alpha value is -8.54. The number of nitrogens with zero attached hydrogens (tertiary/aromatic N) is 9. The van der Waals surface area contributed by atoms with Crippen molar-refractivity contribution in [2.45, 2.75) is 386 Å². The van der Waals surface area contributed by atoms with Crippen LogP contribution >= 0.6 is 0 Å². The summed E-state index contributed by atoms with van der Waals surface area (Å²) >= 11 is 0. The summed E-state index contributed by atoms with van der Waals surface area (Å²) < 4.78 is 56.0. The van der Waals surface area contributed by atoms with Crippen LogP contribution in [-0.2, 0) is 118 Å². The van der Waals surface area contributed by atoms with E-state index in [0.29, 0.717) is 84.6 Å². The molecule has 6 aliphatic carbocycles. The molecule has 18 atom stereocenters. The fourth-order valence-electron chi connectivity index (χ4n) is 21.6. The van der Waals surface area contributed by atoms with E-state index >= 15 is 0 Å². The van der Waals surface area contributed by atoms with Crippen molar-refractivity contribution in [2.24, 2.45) is 51.8 Å². The first-order valence-corrected chi connectivity index (χ1v) is 50.5. The van der Waals surface area contributed by atoms with Crippen molar-refractivity contribution in [3.8, 4) is 34.9 Å². The van der Waals surface area contributed by atoms with Crippen molar-refractivity contribution in [3.63, 3.8) is 0 Å². The second kappa shape index (κ2) is 45.4. The minimum Gasteiger partial charge on any atom is -0.540 e. The Balaban J connectivity index is 0.000000173. The van der Waals surface area contributed by atoms with Crippen molar-refractivity contribution < 1.29 is 141 Å². The summed E-state index contributed by atoms with van der Waals surface area (Å²) in [5.41, 5.74) is 3.74. The molecule has 6 amide bonds. The monoisotopic (exact) mass is 2010 g/mol. The molecule has 6 aliphatic heterocycles. The zero-order valence-electron chi connectivity index (χ0n) is 82.9. The van der Waals surface area contributed by atoms with E-state index in [9.17, 15) is 43.2 Å². The standard InChI is InChI=1S/C36H49N4O6.C35H47N4O6.C34H45N4O6.3V/c1-6-25-29(21-41)40-20-30(25)45-32-27(37-26-17-16-24(19-28(26)38-32)44-23-14-15-23)13-9-7-8-11-22-12-10-18-36(22,5)46-34(43)39-31(33(40)42)35(2,3)4;1-5-24-28(20-40)39-19-30(24)44-32-26(36-25-17-16-23(18-27(25)37-32)43-22-14-15-22)12-8-6-7-10-21-11-9-13-29(21)45-34(42)38-31(33(39)41)35(2,3)4;1-6-23-27(19-39)38-18-28(23)43-30-25(35-24-15-14-22(16-26(24)36-30)42-21-12-13-21)11-9-7-8-10-20-17-34(20,5)44-32(41)37-29(31(38)40)33(2,3)4;;;/h16-17,19,22-23,25,29-31H,6-15,18,20H2,1-5H3,(H,39,43);16-18,21-22,24,28-31H,5-15,19H2,1-4H3,(H,38,42);14-16,20-21,23,27-29H,6-13,17-18H2,1-5H3,(H,37,41);;;/q3*-1;;;/t22-,25+,29-,30+,31-,36-;21-,24+,28-,29-,30+,31-;20-,23+,27-,28+,29-,34-;;;/m111.../s1. The first kappa shape index (κ1) is 107. The predicted molar refractivity (Wildman–Crippen MR) is 506 cm³/mol. The molecule has 0 spiro atoms. The van der Waals surface area contributed by atoms with Gasteiger partial charge >= 0.3 is 18.3 Å². The predicted octanol–water partition coefficient (Wildman–Crippen LogP) is 17.1. The van der Waals surface area contributed by atoms with Gasteiger partial charge in [0.05, 0.1) is 71.0 Å². The van der Waals surface area contributed by atoms with Gasteiger partial charge in [-0.25, -0.2) is 63.1 Å². The van der Waals surface area contributed by atoms with E-state index in [0.717, 1.165) is 211 Å². The molecule has 6 aromatic rings. The van der Waals surface area contributed by atoms with E-state index in [1.807, 2.05) is 152 Å². The van der Waals surface area contributed by atoms with Gasteiger partial charge < -0.3 is 87.7 Å². The fourth-order valence-corrected chi connectivity index (χ4v) is 21.6. The molecule has 30 nitrogen and oxygen atoms in total. The average molecular weight is 2010 g/mol. The molecule has 138 heavy (non-hydrogen) atoms. The molecule has 33 heteroatoms.